The molecular weight excluding hydrogens is 312 g/mol. The molecule has 124 valence electrons. The van der Waals surface area contributed by atoms with Gasteiger partial charge in [-0.1, -0.05) is 13.8 Å². The number of rotatable bonds is 6. The van der Waals surface area contributed by atoms with Crippen LogP contribution in [0.4, 0.5) is 5.13 Å². The minimum Gasteiger partial charge on any atom is -0.497 e. The first kappa shape index (κ1) is 17.3. The van der Waals surface area contributed by atoms with E-state index >= 15 is 0 Å². The summed E-state index contributed by atoms with van der Waals surface area (Å²) in [6, 6.07) is 5.58. The zero-order valence-corrected chi connectivity index (χ0v) is 14.9. The first-order chi connectivity index (χ1) is 11.0. The molecule has 1 aromatic heterocycles. The van der Waals surface area contributed by atoms with Crippen LogP contribution in [0.3, 0.4) is 0 Å². The molecule has 0 fully saturated rings. The average Bonchev–Trinajstić information content (AvgIpc) is 3.00. The highest BCUT2D eigenvalue weighted by atomic mass is 32.1. The van der Waals surface area contributed by atoms with Gasteiger partial charge in [-0.15, -0.1) is 11.3 Å². The molecule has 0 radical (unpaired) electrons. The third-order valence-corrected chi connectivity index (χ3v) is 4.20. The van der Waals surface area contributed by atoms with E-state index in [9.17, 15) is 4.79 Å². The van der Waals surface area contributed by atoms with Crippen LogP contribution in [0.15, 0.2) is 23.6 Å². The topological polar surface area (TPSA) is 51.7 Å². The quantitative estimate of drug-likeness (QED) is 0.805. The van der Waals surface area contributed by atoms with Crippen LogP contribution in [0.25, 0.3) is 11.3 Å². The van der Waals surface area contributed by atoms with Gasteiger partial charge in [0.1, 0.15) is 11.5 Å². The number of amides is 1. The Morgan fingerprint density at radius 3 is 2.61 bits per heavy atom. The number of anilines is 1. The minimum atomic E-state index is -0.00259. The van der Waals surface area contributed by atoms with E-state index in [1.165, 1.54) is 11.3 Å². The molecular formula is C17H22N2O3S. The molecule has 0 aliphatic carbocycles. The molecule has 1 heterocycles. The number of methoxy groups -OCH3 is 2. The predicted molar refractivity (Wildman–Crippen MR) is 93.5 cm³/mol. The molecule has 2 aromatic rings. The number of carbonyl (C=O) groups excluding carboxylic acids is 1. The van der Waals surface area contributed by atoms with Gasteiger partial charge in [0.05, 0.1) is 19.9 Å². The van der Waals surface area contributed by atoms with E-state index < -0.39 is 0 Å². The van der Waals surface area contributed by atoms with Crippen LogP contribution in [0.5, 0.6) is 11.5 Å². The zero-order chi connectivity index (χ0) is 17.0. The number of carbonyl (C=O) groups is 1. The molecule has 0 bridgehead atoms. The maximum atomic E-state index is 11.9. The van der Waals surface area contributed by atoms with Crippen molar-refractivity contribution in [2.24, 2.45) is 5.92 Å². The van der Waals surface area contributed by atoms with Gasteiger partial charge >= 0.3 is 0 Å². The van der Waals surface area contributed by atoms with Crippen LogP contribution < -0.4 is 14.4 Å². The van der Waals surface area contributed by atoms with Crippen molar-refractivity contribution in [2.75, 3.05) is 25.7 Å². The van der Waals surface area contributed by atoms with E-state index in [2.05, 4.69) is 18.8 Å². The number of thiazole rings is 1. The number of nitrogens with zero attached hydrogens (tertiary/aromatic N) is 2. The molecule has 0 atom stereocenters. The Kier molecular flexibility index (Phi) is 5.60. The summed E-state index contributed by atoms with van der Waals surface area (Å²) in [4.78, 5) is 18.2. The van der Waals surface area contributed by atoms with Gasteiger partial charge in [-0.05, 0) is 24.1 Å². The second kappa shape index (κ2) is 7.46. The van der Waals surface area contributed by atoms with E-state index in [0.717, 1.165) is 22.8 Å². The molecule has 5 nitrogen and oxygen atoms in total. The number of hydrogen-bond acceptors (Lipinski definition) is 5. The highest BCUT2D eigenvalue weighted by molar-refractivity contribution is 7.14. The van der Waals surface area contributed by atoms with E-state index in [1.807, 2.05) is 23.6 Å². The Morgan fingerprint density at radius 1 is 1.30 bits per heavy atom. The SMILES string of the molecule is COc1ccc(OC)c(-c2csc(N(CC(C)C)C(C)=O)n2)c1. The van der Waals surface area contributed by atoms with Crippen molar-refractivity contribution in [3.8, 4) is 22.8 Å². The first-order valence-electron chi connectivity index (χ1n) is 7.42. The summed E-state index contributed by atoms with van der Waals surface area (Å²) in [5.74, 6) is 1.83. The Bertz CT molecular complexity index is 682. The van der Waals surface area contributed by atoms with Crippen molar-refractivity contribution >= 4 is 22.4 Å². The molecule has 0 aliphatic rings. The van der Waals surface area contributed by atoms with Crippen LogP contribution in [-0.2, 0) is 4.79 Å². The van der Waals surface area contributed by atoms with Gasteiger partial charge in [-0.25, -0.2) is 4.98 Å². The van der Waals surface area contributed by atoms with Crippen LogP contribution in [0.2, 0.25) is 0 Å². The molecule has 0 saturated heterocycles. The van der Waals surface area contributed by atoms with E-state index in [0.29, 0.717) is 17.6 Å². The lowest BCUT2D eigenvalue weighted by molar-refractivity contribution is -0.116. The van der Waals surface area contributed by atoms with Gasteiger partial charge in [0.15, 0.2) is 5.13 Å². The second-order valence-electron chi connectivity index (χ2n) is 5.61. The fourth-order valence-electron chi connectivity index (χ4n) is 2.23. The van der Waals surface area contributed by atoms with Crippen LogP contribution in [-0.4, -0.2) is 31.7 Å². The maximum Gasteiger partial charge on any atom is 0.225 e. The summed E-state index contributed by atoms with van der Waals surface area (Å²) < 4.78 is 10.7. The minimum absolute atomic E-state index is 0.00259. The Morgan fingerprint density at radius 2 is 2.04 bits per heavy atom. The van der Waals surface area contributed by atoms with Gasteiger partial charge in [0.25, 0.3) is 0 Å². The van der Waals surface area contributed by atoms with Gasteiger partial charge in [-0.2, -0.15) is 0 Å². The van der Waals surface area contributed by atoms with E-state index in [4.69, 9.17) is 9.47 Å². The summed E-state index contributed by atoms with van der Waals surface area (Å²) in [7, 11) is 3.25. The lowest BCUT2D eigenvalue weighted by Crippen LogP contribution is -2.31. The Balaban J connectivity index is 2.40. The average molecular weight is 334 g/mol. The van der Waals surface area contributed by atoms with Crippen molar-refractivity contribution in [2.45, 2.75) is 20.8 Å². The van der Waals surface area contributed by atoms with Crippen molar-refractivity contribution < 1.29 is 14.3 Å². The van der Waals surface area contributed by atoms with Crippen molar-refractivity contribution in [1.82, 2.24) is 4.98 Å². The third-order valence-electron chi connectivity index (χ3n) is 3.33. The molecule has 0 N–H and O–H groups in total. The molecule has 0 saturated carbocycles. The Labute approximate surface area is 140 Å². The molecule has 2 rings (SSSR count). The fourth-order valence-corrected chi connectivity index (χ4v) is 3.11. The molecule has 6 heteroatoms. The standard InChI is InChI=1S/C17H22N2O3S/c1-11(2)9-19(12(3)20)17-18-15(10-23-17)14-8-13(21-4)6-7-16(14)22-5/h6-8,10-11H,9H2,1-5H3. The van der Waals surface area contributed by atoms with Gasteiger partial charge in [0, 0.05) is 24.4 Å². The van der Waals surface area contributed by atoms with Crippen LogP contribution >= 0.6 is 11.3 Å². The van der Waals surface area contributed by atoms with Gasteiger partial charge < -0.3 is 9.47 Å². The lowest BCUT2D eigenvalue weighted by Gasteiger charge is -2.19. The van der Waals surface area contributed by atoms with E-state index in [-0.39, 0.29) is 5.91 Å². The smallest absolute Gasteiger partial charge is 0.225 e. The number of hydrogen-bond donors (Lipinski definition) is 0. The molecule has 0 spiro atoms. The number of aromatic nitrogens is 1. The summed E-state index contributed by atoms with van der Waals surface area (Å²) >= 11 is 1.45. The summed E-state index contributed by atoms with van der Waals surface area (Å²) in [6.07, 6.45) is 0. The highest BCUT2D eigenvalue weighted by Crippen LogP contribution is 2.36. The summed E-state index contributed by atoms with van der Waals surface area (Å²) in [6.45, 7) is 6.37. The second-order valence-corrected chi connectivity index (χ2v) is 6.44. The normalized spacial score (nSPS) is 10.7. The van der Waals surface area contributed by atoms with Crippen LogP contribution in [0, 0.1) is 5.92 Å². The van der Waals surface area contributed by atoms with Crippen molar-refractivity contribution in [1.29, 1.82) is 0 Å². The monoisotopic (exact) mass is 334 g/mol. The first-order valence-corrected chi connectivity index (χ1v) is 8.30. The van der Waals surface area contributed by atoms with Crippen molar-refractivity contribution in [3.63, 3.8) is 0 Å². The van der Waals surface area contributed by atoms with E-state index in [1.54, 1.807) is 26.0 Å². The third kappa shape index (κ3) is 4.01. The largest absolute Gasteiger partial charge is 0.497 e. The lowest BCUT2D eigenvalue weighted by atomic mass is 10.1. The zero-order valence-electron chi connectivity index (χ0n) is 14.1. The number of ether oxygens (including phenoxy) is 2. The van der Waals surface area contributed by atoms with Gasteiger partial charge in [-0.3, -0.25) is 9.69 Å². The Hall–Kier alpha value is -2.08. The summed E-state index contributed by atoms with van der Waals surface area (Å²) in [5.41, 5.74) is 1.62. The maximum absolute atomic E-state index is 11.9. The highest BCUT2D eigenvalue weighted by Gasteiger charge is 2.18. The van der Waals surface area contributed by atoms with Crippen LogP contribution in [0.1, 0.15) is 20.8 Å². The predicted octanol–water partition coefficient (Wildman–Crippen LogP) is 3.84. The van der Waals surface area contributed by atoms with Gasteiger partial charge in [0.2, 0.25) is 5.91 Å². The molecule has 1 aromatic carbocycles. The molecule has 23 heavy (non-hydrogen) atoms. The summed E-state index contributed by atoms with van der Waals surface area (Å²) in [5, 5.41) is 2.63. The molecule has 0 unspecified atom stereocenters. The fraction of sp³-hybridized carbons (Fsp3) is 0.412. The molecule has 0 aliphatic heterocycles. The number of benzene rings is 1. The molecule has 1 amide bonds. The van der Waals surface area contributed by atoms with Crippen molar-refractivity contribution in [3.05, 3.63) is 23.6 Å².